The summed E-state index contributed by atoms with van der Waals surface area (Å²) in [5.74, 6) is 0.688. The van der Waals surface area contributed by atoms with Gasteiger partial charge in [0.05, 0.1) is 5.56 Å². The van der Waals surface area contributed by atoms with Crippen LogP contribution in [0.25, 0.3) is 0 Å². The third kappa shape index (κ3) is 1.92. The van der Waals surface area contributed by atoms with Crippen molar-refractivity contribution in [1.82, 2.24) is 10.3 Å². The molecule has 1 aromatic rings. The number of nitrogens with zero attached hydrogens (tertiary/aromatic N) is 1. The summed E-state index contributed by atoms with van der Waals surface area (Å²) >= 11 is 3.34. The summed E-state index contributed by atoms with van der Waals surface area (Å²) in [6, 6.07) is 1.81. The lowest BCUT2D eigenvalue weighted by Crippen LogP contribution is -2.58. The Labute approximate surface area is 108 Å². The zero-order valence-corrected chi connectivity index (χ0v) is 11.0. The number of fused-ring (bicyclic) bond motifs is 1. The highest BCUT2D eigenvalue weighted by Gasteiger charge is 2.38. The van der Waals surface area contributed by atoms with Gasteiger partial charge in [0.1, 0.15) is 11.5 Å². The second-order valence-corrected chi connectivity index (χ2v) is 5.69. The molecule has 0 unspecified atom stereocenters. The zero-order chi connectivity index (χ0) is 11.9. The Hall–Kier alpha value is -1.10. The van der Waals surface area contributed by atoms with E-state index in [2.05, 4.69) is 31.5 Å². The van der Waals surface area contributed by atoms with Crippen molar-refractivity contribution in [2.75, 3.05) is 5.32 Å². The molecule has 1 amide bonds. The van der Waals surface area contributed by atoms with Gasteiger partial charge >= 0.3 is 0 Å². The molecule has 1 spiro atoms. The van der Waals surface area contributed by atoms with E-state index in [1.165, 1.54) is 6.42 Å². The van der Waals surface area contributed by atoms with E-state index >= 15 is 0 Å². The molecule has 1 fully saturated rings. The van der Waals surface area contributed by atoms with Crippen LogP contribution in [0.1, 0.15) is 42.5 Å². The van der Waals surface area contributed by atoms with Gasteiger partial charge in [-0.3, -0.25) is 4.79 Å². The van der Waals surface area contributed by atoms with Gasteiger partial charge in [0.2, 0.25) is 0 Å². The van der Waals surface area contributed by atoms with Crippen LogP contribution >= 0.6 is 15.9 Å². The second kappa shape index (κ2) is 3.98. The van der Waals surface area contributed by atoms with Gasteiger partial charge < -0.3 is 10.6 Å². The van der Waals surface area contributed by atoms with Crippen molar-refractivity contribution >= 4 is 27.7 Å². The average molecular weight is 296 g/mol. The monoisotopic (exact) mass is 295 g/mol. The smallest absolute Gasteiger partial charge is 0.256 e. The fourth-order valence-corrected chi connectivity index (χ4v) is 2.99. The number of halogens is 1. The van der Waals surface area contributed by atoms with Crippen molar-refractivity contribution in [2.24, 2.45) is 0 Å². The summed E-state index contributed by atoms with van der Waals surface area (Å²) in [5, 5.41) is 6.51. The maximum Gasteiger partial charge on any atom is 0.256 e. The van der Waals surface area contributed by atoms with Crippen molar-refractivity contribution in [3.05, 3.63) is 22.3 Å². The number of aromatic nitrogens is 1. The minimum atomic E-state index is -0.261. The minimum absolute atomic E-state index is 0.0190. The van der Waals surface area contributed by atoms with Crippen LogP contribution in [0, 0.1) is 0 Å². The van der Waals surface area contributed by atoms with Crippen LogP contribution in [0.3, 0.4) is 0 Å². The molecule has 0 radical (unpaired) electrons. The molecule has 0 aromatic carbocycles. The fourth-order valence-electron chi connectivity index (χ4n) is 2.66. The van der Waals surface area contributed by atoms with Crippen molar-refractivity contribution < 1.29 is 4.79 Å². The number of carbonyl (C=O) groups excluding carboxylic acids is 1. The van der Waals surface area contributed by atoms with E-state index in [1.807, 2.05) is 0 Å². The van der Waals surface area contributed by atoms with Crippen LogP contribution in [0.4, 0.5) is 5.82 Å². The van der Waals surface area contributed by atoms with Gasteiger partial charge in [-0.05, 0) is 47.7 Å². The van der Waals surface area contributed by atoms with E-state index in [9.17, 15) is 4.79 Å². The van der Waals surface area contributed by atoms with E-state index in [4.69, 9.17) is 0 Å². The lowest BCUT2D eigenvalue weighted by atomic mass is 9.87. The number of hydrogen-bond acceptors (Lipinski definition) is 3. The molecule has 0 saturated heterocycles. The Balaban J connectivity index is 1.97. The normalized spacial score (nSPS) is 21.6. The molecule has 1 saturated carbocycles. The maximum absolute atomic E-state index is 12.1. The number of rotatable bonds is 0. The van der Waals surface area contributed by atoms with Crippen LogP contribution in [0.5, 0.6) is 0 Å². The number of hydrogen-bond donors (Lipinski definition) is 2. The summed E-state index contributed by atoms with van der Waals surface area (Å²) in [5.41, 5.74) is 0.360. The highest BCUT2D eigenvalue weighted by Crippen LogP contribution is 2.34. The molecule has 4 nitrogen and oxygen atoms in total. The Morgan fingerprint density at radius 1 is 1.24 bits per heavy atom. The van der Waals surface area contributed by atoms with Gasteiger partial charge in [-0.1, -0.05) is 6.42 Å². The van der Waals surface area contributed by atoms with Gasteiger partial charge in [-0.2, -0.15) is 0 Å². The molecule has 1 aromatic heterocycles. The molecular formula is C12H14BrN3O. The molecule has 5 heteroatoms. The molecule has 2 N–H and O–H groups in total. The lowest BCUT2D eigenvalue weighted by Gasteiger charge is -2.42. The molecular weight excluding hydrogens is 282 g/mol. The van der Waals surface area contributed by atoms with Gasteiger partial charge in [0.15, 0.2) is 0 Å². The van der Waals surface area contributed by atoms with Gasteiger partial charge in [-0.15, -0.1) is 0 Å². The maximum atomic E-state index is 12.1. The largest absolute Gasteiger partial charge is 0.347 e. The second-order valence-electron chi connectivity index (χ2n) is 4.77. The van der Waals surface area contributed by atoms with Crippen LogP contribution in [0.15, 0.2) is 16.7 Å². The standard InChI is InChI=1S/C12H14BrN3O/c13-8-6-9-10(14-7-8)15-12(16-11(9)17)4-2-1-3-5-12/h6-7H,1-5H2,(H,14,15)(H,16,17). The van der Waals surface area contributed by atoms with Crippen LogP contribution in [0.2, 0.25) is 0 Å². The summed E-state index contributed by atoms with van der Waals surface area (Å²) in [4.78, 5) is 16.4. The van der Waals surface area contributed by atoms with Crippen LogP contribution in [-0.2, 0) is 0 Å². The summed E-state index contributed by atoms with van der Waals surface area (Å²) in [6.07, 6.45) is 7.24. The van der Waals surface area contributed by atoms with Crippen molar-refractivity contribution in [2.45, 2.75) is 37.8 Å². The minimum Gasteiger partial charge on any atom is -0.347 e. The molecule has 3 rings (SSSR count). The van der Waals surface area contributed by atoms with Crippen molar-refractivity contribution in [1.29, 1.82) is 0 Å². The van der Waals surface area contributed by atoms with E-state index in [-0.39, 0.29) is 11.6 Å². The molecule has 1 aliphatic heterocycles. The molecule has 0 atom stereocenters. The van der Waals surface area contributed by atoms with Gasteiger partial charge in [0, 0.05) is 10.7 Å². The van der Waals surface area contributed by atoms with E-state index in [1.54, 1.807) is 12.3 Å². The molecule has 17 heavy (non-hydrogen) atoms. The number of anilines is 1. The average Bonchev–Trinajstić information content (AvgIpc) is 2.31. The summed E-state index contributed by atoms with van der Waals surface area (Å²) in [6.45, 7) is 0. The molecule has 90 valence electrons. The highest BCUT2D eigenvalue weighted by atomic mass is 79.9. The Kier molecular flexibility index (Phi) is 2.58. The Morgan fingerprint density at radius 3 is 2.76 bits per heavy atom. The van der Waals surface area contributed by atoms with Crippen LogP contribution < -0.4 is 10.6 Å². The third-order valence-corrected chi connectivity index (χ3v) is 3.95. The van der Waals surface area contributed by atoms with Crippen molar-refractivity contribution in [3.63, 3.8) is 0 Å². The number of carbonyl (C=O) groups is 1. The summed E-state index contributed by atoms with van der Waals surface area (Å²) in [7, 11) is 0. The Bertz CT molecular complexity index is 469. The van der Waals surface area contributed by atoms with Gasteiger partial charge in [-0.25, -0.2) is 4.98 Å². The predicted octanol–water partition coefficient (Wildman–Crippen LogP) is 2.66. The zero-order valence-electron chi connectivity index (χ0n) is 9.42. The molecule has 2 heterocycles. The van der Waals surface area contributed by atoms with Gasteiger partial charge in [0.25, 0.3) is 5.91 Å². The number of amides is 1. The molecule has 0 bridgehead atoms. The Morgan fingerprint density at radius 2 is 2.00 bits per heavy atom. The van der Waals surface area contributed by atoms with Crippen LogP contribution in [-0.4, -0.2) is 16.6 Å². The topological polar surface area (TPSA) is 54.0 Å². The first-order valence-electron chi connectivity index (χ1n) is 5.95. The SMILES string of the molecule is O=C1NC2(CCCCC2)Nc2ncc(Br)cc21. The van der Waals surface area contributed by atoms with E-state index in [0.717, 1.165) is 30.2 Å². The molecule has 1 aliphatic carbocycles. The van der Waals surface area contributed by atoms with Crippen molar-refractivity contribution in [3.8, 4) is 0 Å². The first-order valence-corrected chi connectivity index (χ1v) is 6.74. The predicted molar refractivity (Wildman–Crippen MR) is 68.8 cm³/mol. The van der Waals surface area contributed by atoms with E-state index < -0.39 is 0 Å². The van der Waals surface area contributed by atoms with E-state index in [0.29, 0.717) is 11.4 Å². The lowest BCUT2D eigenvalue weighted by molar-refractivity contribution is 0.0875. The first kappa shape index (κ1) is 11.0. The molecule has 2 aliphatic rings. The number of pyridine rings is 1. The third-order valence-electron chi connectivity index (χ3n) is 3.52. The summed E-state index contributed by atoms with van der Waals surface area (Å²) < 4.78 is 0.827. The fraction of sp³-hybridized carbons (Fsp3) is 0.500. The number of nitrogens with one attached hydrogen (secondary N) is 2. The first-order chi connectivity index (χ1) is 8.19. The quantitative estimate of drug-likeness (QED) is 0.774. The highest BCUT2D eigenvalue weighted by molar-refractivity contribution is 9.10.